The number of hydroxylamine groups is 1. The van der Waals surface area contributed by atoms with Gasteiger partial charge in [0.15, 0.2) is 11.5 Å². The molecule has 3 N–H and O–H groups in total. The molecular weight excluding hydrogens is 338 g/mol. The Balaban J connectivity index is 1.36. The molecule has 0 aromatic heterocycles. The molecule has 0 atom stereocenters. The maximum Gasteiger partial charge on any atom is 0.317 e. The molecule has 1 fully saturated rings. The maximum absolute atomic E-state index is 12.3. The normalized spacial score (nSPS) is 16.4. The summed E-state index contributed by atoms with van der Waals surface area (Å²) in [5.41, 5.74) is 2.62. The molecule has 2 aliphatic rings. The lowest BCUT2D eigenvalue weighted by Crippen LogP contribution is -2.44. The number of amides is 3. The highest BCUT2D eigenvalue weighted by atomic mass is 16.7. The van der Waals surface area contributed by atoms with Gasteiger partial charge < -0.3 is 19.7 Å². The highest BCUT2D eigenvalue weighted by Crippen LogP contribution is 2.32. The molecule has 1 aromatic rings. The van der Waals surface area contributed by atoms with Gasteiger partial charge in [0.25, 0.3) is 0 Å². The fourth-order valence-electron chi connectivity index (χ4n) is 3.37. The van der Waals surface area contributed by atoms with Crippen LogP contribution in [0.4, 0.5) is 4.79 Å². The Morgan fingerprint density at radius 1 is 1.19 bits per heavy atom. The van der Waals surface area contributed by atoms with E-state index in [0.717, 1.165) is 50.1 Å². The van der Waals surface area contributed by atoms with Gasteiger partial charge in [-0.15, -0.1) is 0 Å². The first kappa shape index (κ1) is 18.3. The molecule has 0 spiro atoms. The molecule has 8 nitrogen and oxygen atoms in total. The van der Waals surface area contributed by atoms with Crippen LogP contribution in [-0.4, -0.2) is 41.9 Å². The quantitative estimate of drug-likeness (QED) is 0.530. The third-order valence-corrected chi connectivity index (χ3v) is 4.92. The molecule has 142 valence electrons. The lowest BCUT2D eigenvalue weighted by molar-refractivity contribution is -0.129. The van der Waals surface area contributed by atoms with Crippen molar-refractivity contribution in [1.82, 2.24) is 15.7 Å². The zero-order chi connectivity index (χ0) is 18.4. The van der Waals surface area contributed by atoms with E-state index in [1.807, 2.05) is 23.1 Å². The number of likely N-dealkylation sites (tertiary alicyclic amines) is 1. The molecule has 2 aliphatic heterocycles. The first-order valence-corrected chi connectivity index (χ1v) is 9.00. The van der Waals surface area contributed by atoms with Crippen molar-refractivity contribution in [2.75, 3.05) is 19.9 Å². The number of rotatable bonds is 6. The van der Waals surface area contributed by atoms with E-state index in [1.54, 1.807) is 5.48 Å². The number of ether oxygens (including phenoxy) is 2. The van der Waals surface area contributed by atoms with Gasteiger partial charge in [-0.3, -0.25) is 10.0 Å². The summed E-state index contributed by atoms with van der Waals surface area (Å²) in [6, 6.07) is 5.60. The molecule has 0 bridgehead atoms. The highest BCUT2D eigenvalue weighted by Gasteiger charge is 2.22. The molecule has 2 heterocycles. The average molecular weight is 363 g/mol. The number of benzene rings is 1. The summed E-state index contributed by atoms with van der Waals surface area (Å²) >= 11 is 0. The lowest BCUT2D eigenvalue weighted by atomic mass is 9.91. The predicted octanol–water partition coefficient (Wildman–Crippen LogP) is 2.01. The van der Waals surface area contributed by atoms with E-state index in [2.05, 4.69) is 5.32 Å². The van der Waals surface area contributed by atoms with Crippen molar-refractivity contribution in [2.45, 2.75) is 38.6 Å². The monoisotopic (exact) mass is 363 g/mol. The van der Waals surface area contributed by atoms with Gasteiger partial charge in [-0.25, -0.2) is 10.3 Å². The summed E-state index contributed by atoms with van der Waals surface area (Å²) in [4.78, 5) is 25.2. The summed E-state index contributed by atoms with van der Waals surface area (Å²) in [7, 11) is 0. The van der Waals surface area contributed by atoms with Gasteiger partial charge in [0.1, 0.15) is 0 Å². The van der Waals surface area contributed by atoms with E-state index in [1.165, 1.54) is 0 Å². The third-order valence-electron chi connectivity index (χ3n) is 4.92. The molecule has 3 rings (SSSR count). The van der Waals surface area contributed by atoms with Gasteiger partial charge in [0.2, 0.25) is 12.7 Å². The second-order valence-electron chi connectivity index (χ2n) is 6.70. The molecule has 8 heteroatoms. The fraction of sp³-hybridized carbons (Fsp3) is 0.556. The van der Waals surface area contributed by atoms with Crippen molar-refractivity contribution in [3.8, 4) is 11.5 Å². The molecule has 0 saturated carbocycles. The average Bonchev–Trinajstić information content (AvgIpc) is 3.14. The molecule has 0 aliphatic carbocycles. The van der Waals surface area contributed by atoms with Crippen LogP contribution >= 0.6 is 0 Å². The first-order chi connectivity index (χ1) is 12.7. The van der Waals surface area contributed by atoms with Crippen molar-refractivity contribution in [3.05, 3.63) is 23.8 Å². The number of urea groups is 1. The first-order valence-electron chi connectivity index (χ1n) is 9.00. The number of carbonyl (C=O) groups is 2. The van der Waals surface area contributed by atoms with Gasteiger partial charge in [-0.05, 0) is 49.3 Å². The largest absolute Gasteiger partial charge is 0.454 e. The topological polar surface area (TPSA) is 100 Å². The summed E-state index contributed by atoms with van der Waals surface area (Å²) in [6.45, 7) is 2.14. The van der Waals surface area contributed by atoms with Crippen molar-refractivity contribution in [3.63, 3.8) is 0 Å². The van der Waals surface area contributed by atoms with Crippen LogP contribution in [0.5, 0.6) is 11.5 Å². The Bertz CT molecular complexity index is 644. The number of fused-ring (bicyclic) bond motifs is 1. The Kier molecular flexibility index (Phi) is 6.17. The van der Waals surface area contributed by atoms with E-state index in [9.17, 15) is 9.59 Å². The molecule has 26 heavy (non-hydrogen) atoms. The molecule has 0 unspecified atom stereocenters. The van der Waals surface area contributed by atoms with Crippen molar-refractivity contribution < 1.29 is 24.3 Å². The molecular formula is C18H25N3O5. The fourth-order valence-corrected chi connectivity index (χ4v) is 3.37. The Morgan fingerprint density at radius 2 is 1.96 bits per heavy atom. The number of hydrogen-bond donors (Lipinski definition) is 3. The van der Waals surface area contributed by atoms with Crippen LogP contribution in [0, 0.1) is 5.92 Å². The third kappa shape index (κ3) is 4.78. The minimum Gasteiger partial charge on any atom is -0.454 e. The maximum atomic E-state index is 12.3. The second-order valence-corrected chi connectivity index (χ2v) is 6.70. The van der Waals surface area contributed by atoms with Crippen LogP contribution in [0.2, 0.25) is 0 Å². The Labute approximate surface area is 152 Å². The smallest absolute Gasteiger partial charge is 0.317 e. The van der Waals surface area contributed by atoms with Gasteiger partial charge in [0.05, 0.1) is 0 Å². The van der Waals surface area contributed by atoms with Gasteiger partial charge in [-0.2, -0.15) is 0 Å². The van der Waals surface area contributed by atoms with E-state index >= 15 is 0 Å². The summed E-state index contributed by atoms with van der Waals surface area (Å²) < 4.78 is 10.6. The van der Waals surface area contributed by atoms with E-state index < -0.39 is 0 Å². The Hall–Kier alpha value is -2.48. The van der Waals surface area contributed by atoms with Crippen LogP contribution in [0.25, 0.3) is 0 Å². The van der Waals surface area contributed by atoms with E-state index in [-0.39, 0.29) is 18.7 Å². The number of nitrogens with one attached hydrogen (secondary N) is 2. The van der Waals surface area contributed by atoms with E-state index in [4.69, 9.17) is 14.7 Å². The number of nitrogens with zero attached hydrogens (tertiary/aromatic N) is 1. The zero-order valence-electron chi connectivity index (χ0n) is 14.7. The SMILES string of the molecule is O=C(CCCC1CCN(C(=O)NCc2ccc3c(c2)OCO3)CC1)NO. The lowest BCUT2D eigenvalue weighted by Gasteiger charge is -2.32. The van der Waals surface area contributed by atoms with Crippen LogP contribution in [-0.2, 0) is 11.3 Å². The second kappa shape index (κ2) is 8.75. The van der Waals surface area contributed by atoms with E-state index in [0.29, 0.717) is 24.6 Å². The number of carbonyl (C=O) groups excluding carboxylic acids is 2. The minimum atomic E-state index is -0.342. The van der Waals surface area contributed by atoms with Crippen LogP contribution in [0.1, 0.15) is 37.7 Å². The molecule has 1 saturated heterocycles. The summed E-state index contributed by atoms with van der Waals surface area (Å²) in [5, 5.41) is 11.4. The zero-order valence-corrected chi connectivity index (χ0v) is 14.7. The summed E-state index contributed by atoms with van der Waals surface area (Å²) in [6.07, 6.45) is 3.93. The molecule has 3 amide bonds. The summed E-state index contributed by atoms with van der Waals surface area (Å²) in [5.74, 6) is 1.63. The van der Waals surface area contributed by atoms with Crippen LogP contribution in [0.3, 0.4) is 0 Å². The van der Waals surface area contributed by atoms with Gasteiger partial charge >= 0.3 is 6.03 Å². The van der Waals surface area contributed by atoms with Gasteiger partial charge in [0, 0.05) is 26.1 Å². The highest BCUT2D eigenvalue weighted by molar-refractivity contribution is 5.74. The number of hydrogen-bond acceptors (Lipinski definition) is 5. The van der Waals surface area contributed by atoms with Crippen molar-refractivity contribution in [2.24, 2.45) is 5.92 Å². The standard InChI is InChI=1S/C18H25N3O5/c22-17(20-24)3-1-2-13-6-8-21(9-7-13)18(23)19-11-14-4-5-15-16(10-14)26-12-25-15/h4-5,10,13,24H,1-3,6-9,11-12H2,(H,19,23)(H,20,22). The molecule has 1 aromatic carbocycles. The molecule has 0 radical (unpaired) electrons. The van der Waals surface area contributed by atoms with Gasteiger partial charge in [-0.1, -0.05) is 6.07 Å². The van der Waals surface area contributed by atoms with Crippen molar-refractivity contribution >= 4 is 11.9 Å². The number of piperidine rings is 1. The minimum absolute atomic E-state index is 0.0548. The van der Waals surface area contributed by atoms with Crippen LogP contribution < -0.4 is 20.3 Å². The van der Waals surface area contributed by atoms with Crippen molar-refractivity contribution in [1.29, 1.82) is 0 Å². The Morgan fingerprint density at radius 3 is 2.73 bits per heavy atom. The predicted molar refractivity (Wildman–Crippen MR) is 92.9 cm³/mol. The van der Waals surface area contributed by atoms with Crippen LogP contribution in [0.15, 0.2) is 18.2 Å².